The van der Waals surface area contributed by atoms with Crippen molar-refractivity contribution in [3.05, 3.63) is 16.4 Å². The highest BCUT2D eigenvalue weighted by molar-refractivity contribution is 6.33. The topological polar surface area (TPSA) is 84.3 Å². The van der Waals surface area contributed by atoms with Crippen LogP contribution < -0.4 is 5.32 Å². The van der Waals surface area contributed by atoms with Gasteiger partial charge in [0.05, 0.1) is 5.69 Å². The normalized spacial score (nSPS) is 18.3. The molecule has 0 unspecified atom stereocenters. The van der Waals surface area contributed by atoms with E-state index in [0.717, 1.165) is 0 Å². The molecule has 2 N–H and O–H groups in total. The molecule has 0 radical (unpaired) electrons. The summed E-state index contributed by atoms with van der Waals surface area (Å²) in [6, 6.07) is 1.46. The first-order valence-electron chi connectivity index (χ1n) is 5.31. The van der Waals surface area contributed by atoms with Crippen molar-refractivity contribution in [1.29, 1.82) is 0 Å². The minimum absolute atomic E-state index is 0.0894. The van der Waals surface area contributed by atoms with E-state index < -0.39 is 11.5 Å². The smallest absolute Gasteiger partial charge is 0.329 e. The van der Waals surface area contributed by atoms with Crippen molar-refractivity contribution in [3.8, 4) is 0 Å². The molecule has 6 nitrogen and oxygen atoms in total. The molecule has 98 valence electrons. The highest BCUT2D eigenvalue weighted by Gasteiger charge is 2.40. The number of carboxylic acids is 1. The molecule has 1 fully saturated rings. The highest BCUT2D eigenvalue weighted by atomic mass is 35.5. The summed E-state index contributed by atoms with van der Waals surface area (Å²) in [6.07, 6.45) is 0.692. The fourth-order valence-electron chi connectivity index (χ4n) is 1.81. The van der Waals surface area contributed by atoms with Gasteiger partial charge in [0.25, 0.3) is 0 Å². The molecule has 1 aliphatic rings. The van der Waals surface area contributed by atoms with Gasteiger partial charge < -0.3 is 15.2 Å². The van der Waals surface area contributed by atoms with E-state index in [4.69, 9.17) is 27.9 Å². The van der Waals surface area contributed by atoms with Crippen molar-refractivity contribution in [3.63, 3.8) is 0 Å². The fraction of sp³-hybridized carbons (Fsp3) is 0.500. The quantitative estimate of drug-likeness (QED) is 0.884. The third-order valence-electron chi connectivity index (χ3n) is 2.85. The van der Waals surface area contributed by atoms with Gasteiger partial charge in [-0.05, 0) is 0 Å². The molecule has 1 aliphatic heterocycles. The summed E-state index contributed by atoms with van der Waals surface area (Å²) in [7, 11) is 0. The molecule has 18 heavy (non-hydrogen) atoms. The first-order chi connectivity index (χ1) is 8.53. The van der Waals surface area contributed by atoms with E-state index in [2.05, 4.69) is 15.5 Å². The minimum atomic E-state index is -1.10. The van der Waals surface area contributed by atoms with Gasteiger partial charge in [-0.1, -0.05) is 23.2 Å². The summed E-state index contributed by atoms with van der Waals surface area (Å²) >= 11 is 11.6. The third kappa shape index (κ3) is 2.66. The van der Waals surface area contributed by atoms with Gasteiger partial charge in [-0.3, -0.25) is 0 Å². The van der Waals surface area contributed by atoms with Crippen LogP contribution in [0, 0.1) is 0 Å². The number of anilines is 1. The zero-order valence-corrected chi connectivity index (χ0v) is 10.8. The van der Waals surface area contributed by atoms with Crippen LogP contribution in [0.3, 0.4) is 0 Å². The predicted molar refractivity (Wildman–Crippen MR) is 66.1 cm³/mol. The van der Waals surface area contributed by atoms with Crippen molar-refractivity contribution < 1.29 is 14.6 Å². The van der Waals surface area contributed by atoms with Crippen LogP contribution in [-0.2, 0) is 9.53 Å². The Bertz CT molecular complexity index is 464. The minimum Gasteiger partial charge on any atom is -0.480 e. The van der Waals surface area contributed by atoms with Crippen LogP contribution in [0.5, 0.6) is 0 Å². The van der Waals surface area contributed by atoms with Crippen LogP contribution in [-0.4, -0.2) is 40.0 Å². The maximum absolute atomic E-state index is 11.4. The van der Waals surface area contributed by atoms with Crippen LogP contribution in [0.15, 0.2) is 6.07 Å². The average molecular weight is 292 g/mol. The van der Waals surface area contributed by atoms with Crippen LogP contribution in [0.2, 0.25) is 10.3 Å². The van der Waals surface area contributed by atoms with Gasteiger partial charge in [-0.15, -0.1) is 10.2 Å². The molecule has 0 aliphatic carbocycles. The molecule has 1 aromatic rings. The molecule has 0 aromatic carbocycles. The molecule has 2 heterocycles. The van der Waals surface area contributed by atoms with Crippen molar-refractivity contribution in [1.82, 2.24) is 10.2 Å². The van der Waals surface area contributed by atoms with Crippen molar-refractivity contribution in [2.45, 2.75) is 18.4 Å². The molecule has 0 saturated carbocycles. The number of hydrogen-bond acceptors (Lipinski definition) is 5. The van der Waals surface area contributed by atoms with Gasteiger partial charge in [-0.25, -0.2) is 4.79 Å². The molecule has 0 bridgehead atoms. The first-order valence-corrected chi connectivity index (χ1v) is 6.07. The van der Waals surface area contributed by atoms with Gasteiger partial charge in [-0.2, -0.15) is 0 Å². The summed E-state index contributed by atoms with van der Waals surface area (Å²) < 4.78 is 5.18. The molecule has 1 aromatic heterocycles. The zero-order valence-electron chi connectivity index (χ0n) is 9.32. The zero-order chi connectivity index (χ0) is 13.2. The predicted octanol–water partition coefficient (Wildman–Crippen LogP) is 1.83. The van der Waals surface area contributed by atoms with E-state index in [0.29, 0.717) is 31.7 Å². The lowest BCUT2D eigenvalue weighted by molar-refractivity contribution is -0.145. The molecule has 2 rings (SSSR count). The van der Waals surface area contributed by atoms with E-state index in [-0.39, 0.29) is 10.3 Å². The van der Waals surface area contributed by atoms with Crippen LogP contribution in [0.1, 0.15) is 12.8 Å². The number of aliphatic carboxylic acids is 1. The number of nitrogens with one attached hydrogen (secondary N) is 1. The lowest BCUT2D eigenvalue weighted by atomic mass is 9.90. The summed E-state index contributed by atoms with van der Waals surface area (Å²) in [5, 5.41) is 19.7. The average Bonchev–Trinajstić information content (AvgIpc) is 2.35. The Labute approximate surface area is 113 Å². The van der Waals surface area contributed by atoms with Crippen molar-refractivity contribution in [2.24, 2.45) is 0 Å². The second-order valence-corrected chi connectivity index (χ2v) is 4.74. The molecule has 0 amide bonds. The Hall–Kier alpha value is -1.11. The fourth-order valence-corrected chi connectivity index (χ4v) is 2.10. The number of ether oxygens (including phenoxy) is 1. The SMILES string of the molecule is O=C(O)C1(Nc2cc(Cl)nnc2Cl)CCOCC1. The Kier molecular flexibility index (Phi) is 3.89. The van der Waals surface area contributed by atoms with Gasteiger partial charge in [0.15, 0.2) is 10.3 Å². The number of carbonyl (C=O) groups is 1. The van der Waals surface area contributed by atoms with Crippen LogP contribution in [0.4, 0.5) is 5.69 Å². The maximum Gasteiger partial charge on any atom is 0.329 e. The van der Waals surface area contributed by atoms with E-state index in [1.807, 2.05) is 0 Å². The van der Waals surface area contributed by atoms with Gasteiger partial charge in [0, 0.05) is 32.1 Å². The van der Waals surface area contributed by atoms with Crippen molar-refractivity contribution in [2.75, 3.05) is 18.5 Å². The number of rotatable bonds is 3. The second-order valence-electron chi connectivity index (χ2n) is 4.00. The van der Waals surface area contributed by atoms with Crippen molar-refractivity contribution >= 4 is 34.9 Å². The summed E-state index contributed by atoms with van der Waals surface area (Å²) in [5.74, 6) is -0.949. The number of hydrogen-bond donors (Lipinski definition) is 2. The van der Waals surface area contributed by atoms with E-state index in [1.54, 1.807) is 0 Å². The molecule has 0 atom stereocenters. The van der Waals surface area contributed by atoms with Crippen LogP contribution >= 0.6 is 23.2 Å². The first kappa shape index (κ1) is 13.3. The maximum atomic E-state index is 11.4. The Morgan fingerprint density at radius 2 is 2.06 bits per heavy atom. The summed E-state index contributed by atoms with van der Waals surface area (Å²) in [5.41, 5.74) is -0.741. The molecular formula is C10H11Cl2N3O3. The molecular weight excluding hydrogens is 281 g/mol. The summed E-state index contributed by atoms with van der Waals surface area (Å²) in [6.45, 7) is 0.756. The second kappa shape index (κ2) is 5.26. The summed E-state index contributed by atoms with van der Waals surface area (Å²) in [4.78, 5) is 11.4. The number of nitrogens with zero attached hydrogens (tertiary/aromatic N) is 2. The Balaban J connectivity index is 2.28. The Morgan fingerprint density at radius 1 is 1.39 bits per heavy atom. The highest BCUT2D eigenvalue weighted by Crippen LogP contribution is 2.30. The standard InChI is InChI=1S/C10H11Cl2N3O3/c11-7-5-6(8(12)15-14-7)13-10(9(16)17)1-3-18-4-2-10/h5H,1-4H2,(H,13,14)(H,16,17). The van der Waals surface area contributed by atoms with E-state index in [9.17, 15) is 9.90 Å². The lowest BCUT2D eigenvalue weighted by Gasteiger charge is -2.34. The van der Waals surface area contributed by atoms with E-state index in [1.165, 1.54) is 6.07 Å². The monoisotopic (exact) mass is 291 g/mol. The van der Waals surface area contributed by atoms with Gasteiger partial charge in [0.1, 0.15) is 5.54 Å². The molecule has 8 heteroatoms. The van der Waals surface area contributed by atoms with Crippen LogP contribution in [0.25, 0.3) is 0 Å². The third-order valence-corrected chi connectivity index (χ3v) is 3.31. The van der Waals surface area contributed by atoms with Gasteiger partial charge >= 0.3 is 5.97 Å². The number of carboxylic acid groups (broad SMARTS) is 1. The lowest BCUT2D eigenvalue weighted by Crippen LogP contribution is -2.50. The number of aromatic nitrogens is 2. The Morgan fingerprint density at radius 3 is 2.67 bits per heavy atom. The van der Waals surface area contributed by atoms with Gasteiger partial charge in [0.2, 0.25) is 0 Å². The largest absolute Gasteiger partial charge is 0.480 e. The molecule has 1 saturated heterocycles. The molecule has 0 spiro atoms. The van der Waals surface area contributed by atoms with E-state index >= 15 is 0 Å². The number of halogens is 2.